The molecule has 0 aliphatic carbocycles. The Balaban J connectivity index is 3.82. The van der Waals surface area contributed by atoms with Crippen LogP contribution in [0.5, 0.6) is 0 Å². The van der Waals surface area contributed by atoms with E-state index in [4.69, 9.17) is 5.11 Å². The lowest BCUT2D eigenvalue weighted by atomic mass is 10.5. The Bertz CT molecular complexity index is 204. The predicted molar refractivity (Wildman–Crippen MR) is 32.6 cm³/mol. The first-order valence-corrected chi connectivity index (χ1v) is 4.30. The maximum absolute atomic E-state index is 10.3. The summed E-state index contributed by atoms with van der Waals surface area (Å²) < 4.78 is 24.2. The first kappa shape index (κ1) is 9.38. The molecule has 0 bridgehead atoms. The second kappa shape index (κ2) is 3.52. The lowest BCUT2D eigenvalue weighted by Gasteiger charge is -1.97. The molecule has 0 rings (SSSR count). The molecule has 0 aliphatic rings. The Morgan fingerprint density at radius 3 is 2.40 bits per heavy atom. The van der Waals surface area contributed by atoms with Crippen molar-refractivity contribution in [3.8, 4) is 0 Å². The third kappa shape index (κ3) is 5.52. The molecule has 0 aromatic heterocycles. The fraction of sp³-hybridized carbons (Fsp3) is 0.750. The molecule has 0 saturated heterocycles. The molecule has 0 aromatic carbocycles. The molecular formula is C4H8O5S. The highest BCUT2D eigenvalue weighted by molar-refractivity contribution is 7.86. The van der Waals surface area contributed by atoms with Gasteiger partial charge in [0.1, 0.15) is 0 Å². The van der Waals surface area contributed by atoms with Crippen molar-refractivity contribution in [3.05, 3.63) is 0 Å². The van der Waals surface area contributed by atoms with Crippen LogP contribution in [0.2, 0.25) is 0 Å². The third-order valence-electron chi connectivity index (χ3n) is 0.560. The summed E-state index contributed by atoms with van der Waals surface area (Å²) in [5.41, 5.74) is 0. The highest BCUT2D eigenvalue weighted by Crippen LogP contribution is 1.90. The van der Waals surface area contributed by atoms with Crippen molar-refractivity contribution in [1.82, 2.24) is 0 Å². The SMILES string of the molecule is CS(=O)(=O)OC(=O)CCO. The Morgan fingerprint density at radius 1 is 1.60 bits per heavy atom. The fourth-order valence-corrected chi connectivity index (χ4v) is 0.723. The van der Waals surface area contributed by atoms with E-state index in [2.05, 4.69) is 4.18 Å². The molecule has 0 fully saturated rings. The quantitative estimate of drug-likeness (QED) is 0.539. The lowest BCUT2D eigenvalue weighted by Crippen LogP contribution is -2.11. The molecule has 60 valence electrons. The van der Waals surface area contributed by atoms with Crippen LogP contribution in [-0.4, -0.2) is 32.4 Å². The van der Waals surface area contributed by atoms with Crippen molar-refractivity contribution >= 4 is 16.1 Å². The standard InChI is InChI=1S/C4H8O5S/c1-10(7,8)9-4(6)2-3-5/h5H,2-3H2,1H3. The van der Waals surface area contributed by atoms with Crippen LogP contribution in [0.4, 0.5) is 0 Å². The van der Waals surface area contributed by atoms with Crippen molar-refractivity contribution in [2.24, 2.45) is 0 Å². The van der Waals surface area contributed by atoms with Crippen molar-refractivity contribution in [3.63, 3.8) is 0 Å². The van der Waals surface area contributed by atoms with E-state index in [1.54, 1.807) is 0 Å². The van der Waals surface area contributed by atoms with Gasteiger partial charge in [-0.25, -0.2) is 0 Å². The number of carbonyl (C=O) groups excluding carboxylic acids is 1. The number of hydrogen-bond donors (Lipinski definition) is 1. The smallest absolute Gasteiger partial charge is 0.324 e. The number of carbonyl (C=O) groups is 1. The minimum absolute atomic E-state index is 0.299. The van der Waals surface area contributed by atoms with Crippen LogP contribution in [0.25, 0.3) is 0 Å². The molecule has 0 heterocycles. The van der Waals surface area contributed by atoms with Crippen molar-refractivity contribution in [2.75, 3.05) is 12.9 Å². The van der Waals surface area contributed by atoms with Crippen molar-refractivity contribution < 1.29 is 22.5 Å². The normalized spacial score (nSPS) is 11.0. The molecule has 5 nitrogen and oxygen atoms in total. The Labute approximate surface area is 58.7 Å². The summed E-state index contributed by atoms with van der Waals surface area (Å²) in [4.78, 5) is 10.3. The predicted octanol–water partition coefficient (Wildman–Crippen LogP) is -1.13. The Hall–Kier alpha value is -0.620. The van der Waals surface area contributed by atoms with Gasteiger partial charge in [0.2, 0.25) is 0 Å². The zero-order valence-corrected chi connectivity index (χ0v) is 6.22. The van der Waals surface area contributed by atoms with E-state index in [1.807, 2.05) is 0 Å². The minimum Gasteiger partial charge on any atom is -0.396 e. The second-order valence-electron chi connectivity index (χ2n) is 1.63. The number of aliphatic hydroxyl groups is 1. The molecule has 0 radical (unpaired) electrons. The van der Waals surface area contributed by atoms with Gasteiger partial charge < -0.3 is 9.29 Å². The van der Waals surface area contributed by atoms with Gasteiger partial charge in [0, 0.05) is 0 Å². The van der Waals surface area contributed by atoms with E-state index in [0.717, 1.165) is 6.26 Å². The Morgan fingerprint density at radius 2 is 2.10 bits per heavy atom. The van der Waals surface area contributed by atoms with Crippen LogP contribution in [0, 0.1) is 0 Å². The Kier molecular flexibility index (Phi) is 3.31. The molecule has 10 heavy (non-hydrogen) atoms. The first-order chi connectivity index (χ1) is 4.45. The molecule has 0 aliphatic heterocycles. The summed E-state index contributed by atoms with van der Waals surface area (Å²) in [7, 11) is -3.71. The molecular weight excluding hydrogens is 160 g/mol. The summed E-state index contributed by atoms with van der Waals surface area (Å²) in [5, 5.41) is 8.14. The van der Waals surface area contributed by atoms with Gasteiger partial charge in [0.05, 0.1) is 19.3 Å². The third-order valence-corrected chi connectivity index (χ3v) is 1.05. The topological polar surface area (TPSA) is 80.7 Å². The molecule has 0 saturated carbocycles. The lowest BCUT2D eigenvalue weighted by molar-refractivity contribution is -0.134. The number of aliphatic hydroxyl groups excluding tert-OH is 1. The highest BCUT2D eigenvalue weighted by atomic mass is 32.2. The maximum atomic E-state index is 10.3. The van der Waals surface area contributed by atoms with Crippen LogP contribution in [0.15, 0.2) is 0 Å². The summed E-state index contributed by atoms with van der Waals surface area (Å²) in [6.07, 6.45) is 0.468. The van der Waals surface area contributed by atoms with Crippen molar-refractivity contribution in [1.29, 1.82) is 0 Å². The molecule has 0 amide bonds. The molecule has 0 atom stereocenters. The number of hydrogen-bond acceptors (Lipinski definition) is 5. The summed E-state index contributed by atoms with van der Waals surface area (Å²) in [6, 6.07) is 0. The minimum atomic E-state index is -3.71. The van der Waals surface area contributed by atoms with Crippen molar-refractivity contribution in [2.45, 2.75) is 6.42 Å². The van der Waals surface area contributed by atoms with E-state index in [9.17, 15) is 13.2 Å². The second-order valence-corrected chi connectivity index (χ2v) is 3.21. The molecule has 6 heteroatoms. The summed E-state index contributed by atoms with van der Waals surface area (Å²) >= 11 is 0. The summed E-state index contributed by atoms with van der Waals surface area (Å²) in [5.74, 6) is -0.940. The highest BCUT2D eigenvalue weighted by Gasteiger charge is 2.08. The van der Waals surface area contributed by atoms with Crippen LogP contribution >= 0.6 is 0 Å². The molecule has 0 unspecified atom stereocenters. The van der Waals surface area contributed by atoms with E-state index < -0.39 is 22.7 Å². The van der Waals surface area contributed by atoms with E-state index in [1.165, 1.54) is 0 Å². The van der Waals surface area contributed by atoms with Crippen LogP contribution < -0.4 is 0 Å². The fourth-order valence-electron chi connectivity index (χ4n) is 0.302. The molecule has 0 spiro atoms. The van der Waals surface area contributed by atoms with Crippen LogP contribution in [0.1, 0.15) is 6.42 Å². The zero-order chi connectivity index (χ0) is 8.20. The number of rotatable bonds is 3. The van der Waals surface area contributed by atoms with Gasteiger partial charge >= 0.3 is 16.1 Å². The van der Waals surface area contributed by atoms with Gasteiger partial charge in [-0.15, -0.1) is 0 Å². The summed E-state index contributed by atoms with van der Waals surface area (Å²) in [6.45, 7) is -0.408. The van der Waals surface area contributed by atoms with E-state index in [0.29, 0.717) is 0 Å². The van der Waals surface area contributed by atoms with Crippen LogP contribution in [0.3, 0.4) is 0 Å². The first-order valence-electron chi connectivity index (χ1n) is 2.49. The van der Waals surface area contributed by atoms with Gasteiger partial charge in [0.25, 0.3) is 0 Å². The van der Waals surface area contributed by atoms with E-state index in [-0.39, 0.29) is 6.42 Å². The van der Waals surface area contributed by atoms with E-state index >= 15 is 0 Å². The van der Waals surface area contributed by atoms with Gasteiger partial charge in [-0.1, -0.05) is 0 Å². The molecule has 0 aromatic rings. The maximum Gasteiger partial charge on any atom is 0.324 e. The van der Waals surface area contributed by atoms with Gasteiger partial charge in [-0.05, 0) is 0 Å². The van der Waals surface area contributed by atoms with Gasteiger partial charge in [0.15, 0.2) is 0 Å². The largest absolute Gasteiger partial charge is 0.396 e. The molecule has 1 N–H and O–H groups in total. The zero-order valence-electron chi connectivity index (χ0n) is 5.40. The van der Waals surface area contributed by atoms with Gasteiger partial charge in [-0.3, -0.25) is 4.79 Å². The van der Waals surface area contributed by atoms with Crippen LogP contribution in [-0.2, 0) is 19.1 Å². The monoisotopic (exact) mass is 168 g/mol. The average Bonchev–Trinajstić information content (AvgIpc) is 1.59. The van der Waals surface area contributed by atoms with Gasteiger partial charge in [-0.2, -0.15) is 8.42 Å². The average molecular weight is 168 g/mol.